The molecule has 0 aliphatic carbocycles. The van der Waals surface area contributed by atoms with E-state index in [4.69, 9.17) is 33.6 Å². The third-order valence-corrected chi connectivity index (χ3v) is 2.44. The average Bonchev–Trinajstić information content (AvgIpc) is 2.24. The number of nitriles is 1. The molecule has 0 saturated heterocycles. The minimum atomic E-state index is -0.552. The fourth-order valence-electron chi connectivity index (χ4n) is 1.17. The lowest BCUT2D eigenvalue weighted by atomic mass is 10.1. The van der Waals surface area contributed by atoms with E-state index < -0.39 is 6.04 Å². The maximum Gasteiger partial charge on any atom is 0.122 e. The largest absolute Gasteiger partial charge is 0.395 e. The second kappa shape index (κ2) is 5.94. The number of rotatable bonds is 4. The Morgan fingerprint density at radius 1 is 1.47 bits per heavy atom. The van der Waals surface area contributed by atoms with Crippen molar-refractivity contribution in [1.29, 1.82) is 5.26 Å². The van der Waals surface area contributed by atoms with E-state index in [1.54, 1.807) is 18.2 Å². The maximum atomic E-state index is 8.93. The van der Waals surface area contributed by atoms with Crippen molar-refractivity contribution in [3.63, 3.8) is 0 Å². The van der Waals surface area contributed by atoms with Crippen LogP contribution in [0.3, 0.4) is 0 Å². The summed E-state index contributed by atoms with van der Waals surface area (Å²) in [6, 6.07) is 6.45. The van der Waals surface area contributed by atoms with E-state index in [1.807, 2.05) is 0 Å². The van der Waals surface area contributed by atoms with Gasteiger partial charge in [0.2, 0.25) is 0 Å². The minimum Gasteiger partial charge on any atom is -0.395 e. The first-order valence-electron chi connectivity index (χ1n) is 4.38. The summed E-state index contributed by atoms with van der Waals surface area (Å²) in [5, 5.41) is 21.4. The molecule has 0 spiro atoms. The zero-order valence-electron chi connectivity index (χ0n) is 7.87. The van der Waals surface area contributed by atoms with Gasteiger partial charge in [0, 0.05) is 22.2 Å². The molecule has 2 N–H and O–H groups in total. The van der Waals surface area contributed by atoms with Crippen LogP contribution in [0.1, 0.15) is 11.6 Å². The molecular formula is C10H10Cl2N2O. The number of benzene rings is 1. The van der Waals surface area contributed by atoms with Crippen molar-refractivity contribution in [1.82, 2.24) is 5.32 Å². The Balaban J connectivity index is 2.91. The highest BCUT2D eigenvalue weighted by atomic mass is 35.5. The number of hydrogen-bond donors (Lipinski definition) is 2. The molecule has 5 heteroatoms. The van der Waals surface area contributed by atoms with Crippen molar-refractivity contribution >= 4 is 23.2 Å². The Morgan fingerprint density at radius 2 is 2.20 bits per heavy atom. The zero-order valence-corrected chi connectivity index (χ0v) is 9.39. The van der Waals surface area contributed by atoms with Crippen molar-refractivity contribution in [2.75, 3.05) is 13.2 Å². The molecule has 0 heterocycles. The topological polar surface area (TPSA) is 56.0 Å². The fourth-order valence-corrected chi connectivity index (χ4v) is 1.58. The smallest absolute Gasteiger partial charge is 0.122 e. The molecule has 15 heavy (non-hydrogen) atoms. The van der Waals surface area contributed by atoms with Gasteiger partial charge in [-0.2, -0.15) is 5.26 Å². The van der Waals surface area contributed by atoms with Crippen molar-refractivity contribution in [2.24, 2.45) is 0 Å². The predicted octanol–water partition coefficient (Wildman–Crippen LogP) is 2.14. The Labute approximate surface area is 98.2 Å². The molecule has 1 aromatic rings. The Morgan fingerprint density at radius 3 is 2.80 bits per heavy atom. The summed E-state index contributed by atoms with van der Waals surface area (Å²) in [4.78, 5) is 0. The second-order valence-electron chi connectivity index (χ2n) is 2.91. The summed E-state index contributed by atoms with van der Waals surface area (Å²) in [6.07, 6.45) is 0. The van der Waals surface area contributed by atoms with Crippen LogP contribution in [0.5, 0.6) is 0 Å². The molecule has 1 unspecified atom stereocenters. The molecule has 0 radical (unpaired) electrons. The van der Waals surface area contributed by atoms with Crippen molar-refractivity contribution in [2.45, 2.75) is 6.04 Å². The van der Waals surface area contributed by atoms with Crippen LogP contribution >= 0.6 is 23.2 Å². The van der Waals surface area contributed by atoms with Crippen molar-refractivity contribution in [3.05, 3.63) is 33.8 Å². The van der Waals surface area contributed by atoms with Gasteiger partial charge in [0.05, 0.1) is 12.7 Å². The van der Waals surface area contributed by atoms with Crippen LogP contribution in [0.15, 0.2) is 18.2 Å². The monoisotopic (exact) mass is 244 g/mol. The first kappa shape index (κ1) is 12.3. The lowest BCUT2D eigenvalue weighted by Gasteiger charge is -2.12. The number of hydrogen-bond acceptors (Lipinski definition) is 3. The lowest BCUT2D eigenvalue weighted by molar-refractivity contribution is 0.289. The first-order chi connectivity index (χ1) is 7.19. The summed E-state index contributed by atoms with van der Waals surface area (Å²) in [7, 11) is 0. The summed E-state index contributed by atoms with van der Waals surface area (Å²) in [5.41, 5.74) is 0.625. The summed E-state index contributed by atoms with van der Waals surface area (Å²) in [6.45, 7) is 0.303. The third kappa shape index (κ3) is 3.37. The van der Waals surface area contributed by atoms with Crippen LogP contribution in [0.4, 0.5) is 0 Å². The maximum absolute atomic E-state index is 8.93. The highest BCUT2D eigenvalue weighted by Crippen LogP contribution is 2.25. The van der Waals surface area contributed by atoms with Crippen molar-refractivity contribution < 1.29 is 5.11 Å². The van der Waals surface area contributed by atoms with Gasteiger partial charge in [-0.1, -0.05) is 23.2 Å². The van der Waals surface area contributed by atoms with Crippen LogP contribution in [-0.4, -0.2) is 18.3 Å². The second-order valence-corrected chi connectivity index (χ2v) is 3.75. The van der Waals surface area contributed by atoms with Gasteiger partial charge < -0.3 is 5.11 Å². The predicted molar refractivity (Wildman–Crippen MR) is 59.9 cm³/mol. The van der Waals surface area contributed by atoms with Gasteiger partial charge in [0.1, 0.15) is 6.04 Å². The molecule has 0 fully saturated rings. The Bertz CT molecular complexity index is 376. The molecular weight excluding hydrogens is 235 g/mol. The van der Waals surface area contributed by atoms with Crippen LogP contribution in [0, 0.1) is 11.3 Å². The minimum absolute atomic E-state index is 0.0314. The van der Waals surface area contributed by atoms with E-state index in [2.05, 4.69) is 11.4 Å². The van der Waals surface area contributed by atoms with Gasteiger partial charge in [0.15, 0.2) is 0 Å². The molecule has 0 saturated carbocycles. The van der Waals surface area contributed by atoms with E-state index in [-0.39, 0.29) is 6.61 Å². The lowest BCUT2D eigenvalue weighted by Crippen LogP contribution is -2.23. The van der Waals surface area contributed by atoms with E-state index in [0.29, 0.717) is 22.2 Å². The highest BCUT2D eigenvalue weighted by molar-refractivity contribution is 6.33. The van der Waals surface area contributed by atoms with Gasteiger partial charge >= 0.3 is 0 Å². The highest BCUT2D eigenvalue weighted by Gasteiger charge is 2.13. The number of halogens is 2. The van der Waals surface area contributed by atoms with E-state index in [0.717, 1.165) is 0 Å². The summed E-state index contributed by atoms with van der Waals surface area (Å²) < 4.78 is 0. The van der Waals surface area contributed by atoms with Gasteiger partial charge in [-0.05, 0) is 18.2 Å². The third-order valence-electron chi connectivity index (χ3n) is 1.86. The van der Waals surface area contributed by atoms with Gasteiger partial charge in [-0.3, -0.25) is 5.32 Å². The van der Waals surface area contributed by atoms with Gasteiger partial charge in [-0.25, -0.2) is 0 Å². The van der Waals surface area contributed by atoms with E-state index >= 15 is 0 Å². The van der Waals surface area contributed by atoms with Gasteiger partial charge in [-0.15, -0.1) is 0 Å². The van der Waals surface area contributed by atoms with Crippen molar-refractivity contribution in [3.8, 4) is 6.07 Å². The zero-order chi connectivity index (χ0) is 11.3. The van der Waals surface area contributed by atoms with Crippen LogP contribution in [-0.2, 0) is 0 Å². The molecule has 1 rings (SSSR count). The normalized spacial score (nSPS) is 12.1. The Hall–Kier alpha value is -0.790. The standard InChI is InChI=1S/C10H10Cl2N2O/c11-7-1-2-9(12)8(5-7)10(6-13)14-3-4-15/h1-2,5,10,14-15H,3-4H2. The van der Waals surface area contributed by atoms with Gasteiger partial charge in [0.25, 0.3) is 0 Å². The molecule has 0 aromatic heterocycles. The van der Waals surface area contributed by atoms with Crippen LogP contribution in [0.25, 0.3) is 0 Å². The first-order valence-corrected chi connectivity index (χ1v) is 5.13. The summed E-state index contributed by atoms with van der Waals surface area (Å²) in [5.74, 6) is 0. The number of aliphatic hydroxyl groups is 1. The molecule has 0 amide bonds. The molecule has 80 valence electrons. The SMILES string of the molecule is N#CC(NCCO)c1cc(Cl)ccc1Cl. The fraction of sp³-hybridized carbons (Fsp3) is 0.300. The molecule has 0 bridgehead atoms. The molecule has 1 aromatic carbocycles. The number of nitrogens with zero attached hydrogens (tertiary/aromatic N) is 1. The number of aliphatic hydroxyl groups excluding tert-OH is 1. The van der Waals surface area contributed by atoms with Crippen LogP contribution in [0.2, 0.25) is 10.0 Å². The quantitative estimate of drug-likeness (QED) is 0.854. The number of nitrogens with one attached hydrogen (secondary N) is 1. The molecule has 0 aliphatic rings. The van der Waals surface area contributed by atoms with E-state index in [9.17, 15) is 0 Å². The molecule has 3 nitrogen and oxygen atoms in total. The van der Waals surface area contributed by atoms with E-state index in [1.165, 1.54) is 0 Å². The molecule has 0 aliphatic heterocycles. The summed E-state index contributed by atoms with van der Waals surface area (Å²) >= 11 is 11.7. The van der Waals surface area contributed by atoms with Crippen LogP contribution < -0.4 is 5.32 Å². The average molecular weight is 245 g/mol. The molecule has 1 atom stereocenters. The Kier molecular flexibility index (Phi) is 4.86.